The minimum absolute atomic E-state index is 0.0854. The van der Waals surface area contributed by atoms with Gasteiger partial charge in [-0.1, -0.05) is 71.1 Å². The fourth-order valence-electron chi connectivity index (χ4n) is 5.92. The van der Waals surface area contributed by atoms with Crippen LogP contribution in [0.1, 0.15) is 37.9 Å². The number of ether oxygens (including phenoxy) is 1. The summed E-state index contributed by atoms with van der Waals surface area (Å²) in [5.74, 6) is 0.331. The smallest absolute Gasteiger partial charge is 0.283 e. The van der Waals surface area contributed by atoms with E-state index in [2.05, 4.69) is 0 Å². The Bertz CT molecular complexity index is 2290. The molecule has 1 aromatic heterocycles. The average molecular weight is 699 g/mol. The third kappa shape index (κ3) is 6.16. The number of likely N-dealkylation sites (N-methyl/N-ethyl adjacent to an activating group) is 1. The number of aromatic nitrogens is 1. The molecule has 0 saturated heterocycles. The zero-order chi connectivity index (χ0) is 34.1. The van der Waals surface area contributed by atoms with E-state index in [1.807, 2.05) is 50.2 Å². The van der Waals surface area contributed by atoms with Gasteiger partial charge in [-0.2, -0.15) is 0 Å². The molecule has 2 heterocycles. The molecule has 0 radical (unpaired) electrons. The molecule has 0 N–H and O–H groups in total. The molecule has 0 bridgehead atoms. The number of allylic oxidation sites excluding steroid dienone is 1. The van der Waals surface area contributed by atoms with Crippen molar-refractivity contribution in [1.29, 1.82) is 0 Å². The van der Waals surface area contributed by atoms with Gasteiger partial charge in [0.25, 0.3) is 17.2 Å². The number of fused-ring (bicyclic) bond motifs is 2. The summed E-state index contributed by atoms with van der Waals surface area (Å²) >= 11 is 8.44. The van der Waals surface area contributed by atoms with E-state index in [1.165, 1.54) is 29.2 Å². The molecule has 9 nitrogen and oxygen atoms in total. The fourth-order valence-corrected chi connectivity index (χ4v) is 7.99. The van der Waals surface area contributed by atoms with Crippen LogP contribution in [0.4, 0.5) is 5.69 Å². The van der Waals surface area contributed by atoms with Crippen molar-refractivity contribution in [2.45, 2.75) is 36.6 Å². The number of carbonyl (C=O) groups is 1. The Kier molecular flexibility index (Phi) is 9.54. The predicted molar refractivity (Wildman–Crippen MR) is 191 cm³/mol. The molecule has 0 unspecified atom stereocenters. The SMILES string of the molecule is CCN(CC)C(=O)C1=C(C)N=c2s/c(=C\c3ccc(Sc4ccc(Cl)cc4)c([N+](=O)[O-])c3)c(=O)n2[C@H]1c1c(OC)ccc2ccccc12. The Morgan fingerprint density at radius 3 is 2.52 bits per heavy atom. The molecule has 0 aliphatic carbocycles. The Hall–Kier alpha value is -4.71. The lowest BCUT2D eigenvalue weighted by Crippen LogP contribution is -2.43. The second-order valence-corrected chi connectivity index (χ2v) is 13.6. The van der Waals surface area contributed by atoms with Crippen LogP contribution in [0.3, 0.4) is 0 Å². The molecule has 0 saturated carbocycles. The number of rotatable bonds is 9. The first kappa shape index (κ1) is 33.2. The predicted octanol–water partition coefficient (Wildman–Crippen LogP) is 6.98. The molecule has 48 heavy (non-hydrogen) atoms. The highest BCUT2D eigenvalue weighted by Gasteiger charge is 2.36. The van der Waals surface area contributed by atoms with E-state index in [1.54, 1.807) is 66.0 Å². The van der Waals surface area contributed by atoms with Gasteiger partial charge >= 0.3 is 0 Å². The summed E-state index contributed by atoms with van der Waals surface area (Å²) in [5, 5.41) is 14.5. The molecule has 1 aliphatic rings. The lowest BCUT2D eigenvalue weighted by atomic mass is 9.90. The van der Waals surface area contributed by atoms with Gasteiger partial charge in [-0.05, 0) is 79.6 Å². The van der Waals surface area contributed by atoms with E-state index in [-0.39, 0.29) is 17.2 Å². The van der Waals surface area contributed by atoms with Crippen LogP contribution in [-0.2, 0) is 4.79 Å². The van der Waals surface area contributed by atoms with Crippen molar-refractivity contribution in [3.8, 4) is 5.75 Å². The first-order valence-corrected chi connectivity index (χ1v) is 17.3. The molecule has 5 aromatic rings. The van der Waals surface area contributed by atoms with Crippen molar-refractivity contribution in [3.63, 3.8) is 0 Å². The van der Waals surface area contributed by atoms with Gasteiger partial charge in [0.1, 0.15) is 11.8 Å². The summed E-state index contributed by atoms with van der Waals surface area (Å²) < 4.78 is 7.75. The number of benzene rings is 4. The molecule has 1 atom stereocenters. The average Bonchev–Trinajstić information content (AvgIpc) is 3.39. The van der Waals surface area contributed by atoms with Crippen LogP contribution in [-0.4, -0.2) is 40.5 Å². The van der Waals surface area contributed by atoms with Crippen molar-refractivity contribution in [1.82, 2.24) is 9.47 Å². The lowest BCUT2D eigenvalue weighted by Gasteiger charge is -2.30. The minimum atomic E-state index is -0.829. The number of nitrogens with zero attached hydrogens (tertiary/aromatic N) is 4. The molecule has 4 aromatic carbocycles. The minimum Gasteiger partial charge on any atom is -0.496 e. The topological polar surface area (TPSA) is 107 Å². The van der Waals surface area contributed by atoms with Crippen molar-refractivity contribution < 1.29 is 14.5 Å². The van der Waals surface area contributed by atoms with E-state index in [9.17, 15) is 19.7 Å². The van der Waals surface area contributed by atoms with Crippen LogP contribution in [0.5, 0.6) is 5.75 Å². The van der Waals surface area contributed by atoms with Gasteiger partial charge in [0.05, 0.1) is 32.7 Å². The monoisotopic (exact) mass is 698 g/mol. The molecule has 0 spiro atoms. The highest BCUT2D eigenvalue weighted by atomic mass is 35.5. The number of hydrogen-bond acceptors (Lipinski definition) is 8. The van der Waals surface area contributed by atoms with Crippen LogP contribution < -0.4 is 19.6 Å². The number of nitro groups is 1. The number of halogens is 1. The van der Waals surface area contributed by atoms with Crippen molar-refractivity contribution in [3.05, 3.63) is 136 Å². The quantitative estimate of drug-likeness (QED) is 0.122. The number of carbonyl (C=O) groups excluding carboxylic acids is 1. The normalized spacial score (nSPS) is 14.5. The van der Waals surface area contributed by atoms with Crippen LogP contribution >= 0.6 is 34.7 Å². The zero-order valence-electron chi connectivity index (χ0n) is 26.6. The molecule has 12 heteroatoms. The number of amides is 1. The Balaban J connectivity index is 1.55. The van der Waals surface area contributed by atoms with Crippen molar-refractivity contribution >= 4 is 63.1 Å². The van der Waals surface area contributed by atoms with Crippen LogP contribution in [0.2, 0.25) is 5.02 Å². The number of hydrogen-bond donors (Lipinski definition) is 0. The Labute approximate surface area is 289 Å². The zero-order valence-corrected chi connectivity index (χ0v) is 29.0. The summed E-state index contributed by atoms with van der Waals surface area (Å²) in [5.41, 5.74) is 1.63. The number of nitro benzene ring substituents is 1. The van der Waals surface area contributed by atoms with E-state index < -0.39 is 11.0 Å². The van der Waals surface area contributed by atoms with Gasteiger partial charge in [-0.15, -0.1) is 0 Å². The lowest BCUT2D eigenvalue weighted by molar-refractivity contribution is -0.387. The number of thiazole rings is 1. The van der Waals surface area contributed by atoms with Crippen LogP contribution in [0.25, 0.3) is 16.8 Å². The summed E-state index contributed by atoms with van der Waals surface area (Å²) in [4.78, 5) is 48.5. The molecule has 1 aliphatic heterocycles. The molecule has 6 rings (SSSR count). The maximum atomic E-state index is 14.4. The van der Waals surface area contributed by atoms with E-state index in [0.717, 1.165) is 15.7 Å². The third-order valence-electron chi connectivity index (χ3n) is 8.25. The summed E-state index contributed by atoms with van der Waals surface area (Å²) in [6.45, 7) is 6.60. The highest BCUT2D eigenvalue weighted by Crippen LogP contribution is 2.41. The summed E-state index contributed by atoms with van der Waals surface area (Å²) in [6.07, 6.45) is 1.64. The van der Waals surface area contributed by atoms with Gasteiger partial charge in [0.2, 0.25) is 0 Å². The van der Waals surface area contributed by atoms with Crippen LogP contribution in [0, 0.1) is 10.1 Å². The number of methoxy groups -OCH3 is 1. The summed E-state index contributed by atoms with van der Waals surface area (Å²) in [7, 11) is 1.57. The van der Waals surface area contributed by atoms with E-state index >= 15 is 0 Å². The van der Waals surface area contributed by atoms with Gasteiger partial charge in [-0.25, -0.2) is 4.99 Å². The second-order valence-electron chi connectivity index (χ2n) is 11.0. The van der Waals surface area contributed by atoms with Gasteiger partial charge in [0, 0.05) is 34.6 Å². The Morgan fingerprint density at radius 2 is 1.83 bits per heavy atom. The van der Waals surface area contributed by atoms with E-state index in [4.69, 9.17) is 21.3 Å². The molecular formula is C36H31ClN4O5S2. The van der Waals surface area contributed by atoms with E-state index in [0.29, 0.717) is 60.5 Å². The maximum Gasteiger partial charge on any atom is 0.283 e. The summed E-state index contributed by atoms with van der Waals surface area (Å²) in [6, 6.07) is 22.7. The molecule has 0 fully saturated rings. The standard InChI is InChI=1S/C36H31ClN4O5S2/c1-5-39(6-2)35(43)31-21(3)38-36-40(33(31)32-26-10-8-7-9-23(26)12-17-28(32)46-4)34(42)30(48-36)20-22-11-18-29(27(19-22)41(44)45)47-25-15-13-24(37)14-16-25/h7-20,33H,5-6H2,1-4H3/b30-20-/t33-/m1/s1. The van der Waals surface area contributed by atoms with Crippen molar-refractivity contribution in [2.24, 2.45) is 4.99 Å². The maximum absolute atomic E-state index is 14.4. The first-order chi connectivity index (χ1) is 23.1. The fraction of sp³-hybridized carbons (Fsp3) is 0.194. The third-order valence-corrected chi connectivity index (χ3v) is 10.6. The Morgan fingerprint density at radius 1 is 1.10 bits per heavy atom. The second kappa shape index (κ2) is 13.8. The van der Waals surface area contributed by atoms with Gasteiger partial charge in [0.15, 0.2) is 4.80 Å². The van der Waals surface area contributed by atoms with Gasteiger partial charge in [-0.3, -0.25) is 24.3 Å². The largest absolute Gasteiger partial charge is 0.496 e. The molecule has 1 amide bonds. The molecular weight excluding hydrogens is 668 g/mol. The van der Waals surface area contributed by atoms with Crippen LogP contribution in [0.15, 0.2) is 110 Å². The highest BCUT2D eigenvalue weighted by molar-refractivity contribution is 7.99. The van der Waals surface area contributed by atoms with Gasteiger partial charge < -0.3 is 9.64 Å². The van der Waals surface area contributed by atoms with Crippen molar-refractivity contribution in [2.75, 3.05) is 20.2 Å². The first-order valence-electron chi connectivity index (χ1n) is 15.2. The molecule has 244 valence electrons.